The van der Waals surface area contributed by atoms with Crippen LogP contribution in [0.1, 0.15) is 89.0 Å². The Kier molecular flexibility index (Phi) is 24.1. The molecule has 4 N–H and O–H groups in total. The standard InChI is InChI=1S/C69H83ClF3N9O11S3/c1-48-12-23-61(65(84)75-48)82-66(85)58-10-7-11-60(63(58)67(82)86)74-27-38-91-40-42-93-43-41-92-39-37-79-31-29-78(30-32-79)28-25-53(47-94-55-8-5-4-6-9-55)76-59-22-21-56(44-62(59)95(87,88)69(71,72)73)96(89,90)77-64(83)50-15-19-54(20-16-50)81-35-33-80(34-36-81)46-51-45-68(2,3)26-24-57(51)49-13-17-52(70)18-14-49/h4-11,13-22,44,53,61,74,76H,1,12,23-43,45-47H2,2-3H3,(H,75,84)(H,77,83)/t53-,61?/m1/s1. The second-order valence-electron chi connectivity index (χ2n) is 25.3. The number of carbonyl (C=O) groups excluding carboxylic acids is 4. The van der Waals surface area contributed by atoms with E-state index in [1.54, 1.807) is 30.3 Å². The number of benzene rings is 5. The van der Waals surface area contributed by atoms with Crippen molar-refractivity contribution in [2.45, 2.75) is 84.7 Å². The van der Waals surface area contributed by atoms with E-state index >= 15 is 0 Å². The third-order valence-electron chi connectivity index (χ3n) is 18.0. The lowest BCUT2D eigenvalue weighted by Gasteiger charge is -2.39. The van der Waals surface area contributed by atoms with Gasteiger partial charge in [0.05, 0.1) is 61.4 Å². The lowest BCUT2D eigenvalue weighted by molar-refractivity contribution is -0.125. The number of allylic oxidation sites excluding steroid dienone is 2. The number of amides is 4. The minimum absolute atomic E-state index is 0.0228. The van der Waals surface area contributed by atoms with Crippen molar-refractivity contribution in [2.24, 2.45) is 5.41 Å². The first-order valence-electron chi connectivity index (χ1n) is 32.4. The number of thioether (sulfide) groups is 1. The Morgan fingerprint density at radius 2 is 1.41 bits per heavy atom. The number of ether oxygens (including phenoxy) is 3. The Balaban J connectivity index is 0.658. The van der Waals surface area contributed by atoms with E-state index in [1.807, 2.05) is 47.2 Å². The fraction of sp³-hybridized carbons (Fsp3) is 0.449. The van der Waals surface area contributed by atoms with Crippen molar-refractivity contribution in [3.8, 4) is 0 Å². The lowest BCUT2D eigenvalue weighted by Crippen LogP contribution is -2.51. The van der Waals surface area contributed by atoms with Gasteiger partial charge in [0.25, 0.3) is 37.6 Å². The number of hydrogen-bond acceptors (Lipinski definition) is 18. The number of fused-ring (bicyclic) bond motifs is 1. The van der Waals surface area contributed by atoms with E-state index in [2.05, 4.69) is 68.1 Å². The molecule has 2 atom stereocenters. The molecule has 27 heteroatoms. The zero-order valence-electron chi connectivity index (χ0n) is 54.0. The molecule has 0 spiro atoms. The molecule has 1 aliphatic carbocycles. The predicted octanol–water partition coefficient (Wildman–Crippen LogP) is 9.67. The summed E-state index contributed by atoms with van der Waals surface area (Å²) in [6.07, 6.45) is 4.29. The number of nitrogens with zero attached hydrogens (tertiary/aromatic N) is 5. The summed E-state index contributed by atoms with van der Waals surface area (Å²) in [6, 6.07) is 29.7. The molecule has 0 aromatic heterocycles. The maximum absolute atomic E-state index is 14.5. The van der Waals surface area contributed by atoms with Gasteiger partial charge in [0, 0.05) is 123 Å². The van der Waals surface area contributed by atoms with E-state index in [0.29, 0.717) is 133 Å². The smallest absolute Gasteiger partial charge is 0.382 e. The first-order chi connectivity index (χ1) is 45.9. The number of carbonyl (C=O) groups is 4. The van der Waals surface area contributed by atoms with Crippen LogP contribution in [0.25, 0.3) is 5.57 Å². The number of halogens is 4. The molecular weight excluding hydrogens is 1320 g/mol. The molecule has 4 heterocycles. The average molecular weight is 1400 g/mol. The number of alkyl halides is 3. The molecule has 96 heavy (non-hydrogen) atoms. The molecule has 0 bridgehead atoms. The minimum atomic E-state index is -6.13. The molecule has 5 aromatic rings. The fourth-order valence-corrected chi connectivity index (χ4v) is 15.8. The maximum atomic E-state index is 14.5. The van der Waals surface area contributed by atoms with Crippen LogP contribution in [0.4, 0.5) is 30.2 Å². The van der Waals surface area contributed by atoms with Crippen LogP contribution >= 0.6 is 23.4 Å². The highest BCUT2D eigenvalue weighted by molar-refractivity contribution is 7.99. The number of nitrogens with one attached hydrogen (secondary N) is 4. The first kappa shape index (κ1) is 71.9. The molecule has 5 aliphatic rings. The van der Waals surface area contributed by atoms with E-state index in [4.69, 9.17) is 25.8 Å². The fourth-order valence-electron chi connectivity index (χ4n) is 12.6. The van der Waals surface area contributed by atoms with Crippen LogP contribution in [-0.4, -0.2) is 202 Å². The van der Waals surface area contributed by atoms with Crippen molar-refractivity contribution in [2.75, 3.05) is 139 Å². The van der Waals surface area contributed by atoms with Gasteiger partial charge in [0.1, 0.15) is 10.9 Å². The third kappa shape index (κ3) is 18.5. The highest BCUT2D eigenvalue weighted by Crippen LogP contribution is 2.43. The first-order valence-corrected chi connectivity index (χ1v) is 36.7. The van der Waals surface area contributed by atoms with Crippen LogP contribution in [0, 0.1) is 5.41 Å². The molecule has 10 rings (SSSR count). The number of sulfone groups is 1. The molecule has 0 saturated carbocycles. The second-order valence-corrected chi connectivity index (χ2v) is 30.5. The van der Waals surface area contributed by atoms with Crippen LogP contribution < -0.4 is 25.6 Å². The summed E-state index contributed by atoms with van der Waals surface area (Å²) in [7, 11) is -11.0. The van der Waals surface area contributed by atoms with Crippen molar-refractivity contribution in [3.63, 3.8) is 0 Å². The number of hydrogen-bond donors (Lipinski definition) is 4. The summed E-state index contributed by atoms with van der Waals surface area (Å²) in [4.78, 5) is 61.7. The monoisotopic (exact) mass is 1400 g/mol. The van der Waals surface area contributed by atoms with Crippen LogP contribution in [-0.2, 0) is 38.9 Å². The third-order valence-corrected chi connectivity index (χ3v) is 22.3. The van der Waals surface area contributed by atoms with Gasteiger partial charge in [-0.15, -0.1) is 11.8 Å². The molecule has 0 radical (unpaired) electrons. The van der Waals surface area contributed by atoms with Gasteiger partial charge in [-0.25, -0.2) is 21.6 Å². The Morgan fingerprint density at radius 3 is 2.08 bits per heavy atom. The molecular formula is C69H83ClF3N9O11S3. The van der Waals surface area contributed by atoms with Crippen molar-refractivity contribution in [3.05, 3.63) is 160 Å². The molecule has 516 valence electrons. The van der Waals surface area contributed by atoms with Crippen LogP contribution in [0.3, 0.4) is 0 Å². The van der Waals surface area contributed by atoms with E-state index in [-0.39, 0.29) is 22.1 Å². The Labute approximate surface area is 569 Å². The summed E-state index contributed by atoms with van der Waals surface area (Å²) >= 11 is 7.65. The van der Waals surface area contributed by atoms with Gasteiger partial charge in [-0.1, -0.05) is 74.0 Å². The van der Waals surface area contributed by atoms with E-state index in [1.165, 1.54) is 40.6 Å². The van der Waals surface area contributed by atoms with Crippen molar-refractivity contribution >= 4 is 89.5 Å². The summed E-state index contributed by atoms with van der Waals surface area (Å²) in [5.41, 5.74) is 0.314. The van der Waals surface area contributed by atoms with Crippen LogP contribution in [0.5, 0.6) is 0 Å². The Bertz CT molecular complexity index is 3850. The van der Waals surface area contributed by atoms with E-state index in [0.717, 1.165) is 79.6 Å². The maximum Gasteiger partial charge on any atom is 0.501 e. The number of sulfonamides is 1. The molecule has 3 fully saturated rings. The zero-order valence-corrected chi connectivity index (χ0v) is 57.2. The quantitative estimate of drug-likeness (QED) is 0.0190. The number of rotatable bonds is 30. The van der Waals surface area contributed by atoms with Gasteiger partial charge in [-0.3, -0.25) is 33.9 Å². The summed E-state index contributed by atoms with van der Waals surface area (Å²) < 4.78 is 117. The summed E-state index contributed by atoms with van der Waals surface area (Å²) in [6.45, 7) is 18.9. The number of piperidine rings is 1. The Morgan fingerprint density at radius 1 is 0.750 bits per heavy atom. The number of piperazine rings is 2. The van der Waals surface area contributed by atoms with Gasteiger partial charge in [0.15, 0.2) is 0 Å². The van der Waals surface area contributed by atoms with Gasteiger partial charge < -0.3 is 40.0 Å². The molecule has 1 unspecified atom stereocenters. The molecule has 4 aliphatic heterocycles. The highest BCUT2D eigenvalue weighted by Gasteiger charge is 2.49. The van der Waals surface area contributed by atoms with Crippen molar-refractivity contribution in [1.82, 2.24) is 29.6 Å². The van der Waals surface area contributed by atoms with Gasteiger partial charge in [-0.05, 0) is 134 Å². The summed E-state index contributed by atoms with van der Waals surface area (Å²) in [5, 5.41) is 9.56. The SMILES string of the molecule is C=C1CCC(N2C(=O)c3cccc(NCCOCCOCCOCCN4CCN(CC[C@H](CSc5ccccc5)Nc5ccc(S(=O)(=O)NC(=O)c6ccc(N7CCN(CC8=C(c9ccc(Cl)cc9)CCC(C)(C)C8)CC7)cc6)cc5S(=O)(=O)C(F)(F)F)CC4)c3C2=O)C(=O)N1. The van der Waals surface area contributed by atoms with Crippen molar-refractivity contribution < 1.29 is 63.4 Å². The summed E-state index contributed by atoms with van der Waals surface area (Å²) in [5.74, 6) is -2.17. The molecule has 20 nitrogen and oxygen atoms in total. The van der Waals surface area contributed by atoms with Gasteiger partial charge >= 0.3 is 5.51 Å². The van der Waals surface area contributed by atoms with Crippen LogP contribution in [0.2, 0.25) is 5.02 Å². The normalized spacial score (nSPS) is 18.8. The molecule has 3 saturated heterocycles. The predicted molar refractivity (Wildman–Crippen MR) is 366 cm³/mol. The number of imide groups is 1. The number of anilines is 3. The Hall–Kier alpha value is -6.85. The zero-order chi connectivity index (χ0) is 68.2. The largest absolute Gasteiger partial charge is 0.501 e. The molecule has 4 amide bonds. The lowest BCUT2D eigenvalue weighted by atomic mass is 9.73. The van der Waals surface area contributed by atoms with Gasteiger partial charge in [-0.2, -0.15) is 13.2 Å². The van der Waals surface area contributed by atoms with Crippen LogP contribution in [0.15, 0.2) is 148 Å². The second kappa shape index (κ2) is 32.2. The average Bonchev–Trinajstić information content (AvgIpc) is 1.68. The van der Waals surface area contributed by atoms with Crippen molar-refractivity contribution in [1.29, 1.82) is 0 Å². The topological polar surface area (TPSA) is 229 Å². The molecule has 5 aromatic carbocycles. The van der Waals surface area contributed by atoms with Gasteiger partial charge in [0.2, 0.25) is 5.91 Å². The minimum Gasteiger partial charge on any atom is -0.382 e. The van der Waals surface area contributed by atoms with E-state index < -0.39 is 76.6 Å². The highest BCUT2D eigenvalue weighted by atomic mass is 35.5. The van der Waals surface area contributed by atoms with E-state index in [9.17, 15) is 49.2 Å².